The van der Waals surface area contributed by atoms with Crippen LogP contribution in [-0.2, 0) is 0 Å². The lowest BCUT2D eigenvalue weighted by Gasteiger charge is -2.29. The van der Waals surface area contributed by atoms with Crippen molar-refractivity contribution in [1.82, 2.24) is 5.32 Å². The number of hydrogen-bond acceptors (Lipinski definition) is 1. The number of rotatable bonds is 3. The highest BCUT2D eigenvalue weighted by Crippen LogP contribution is 2.63. The van der Waals surface area contributed by atoms with E-state index >= 15 is 0 Å². The van der Waals surface area contributed by atoms with Gasteiger partial charge in [-0.05, 0) is 61.9 Å². The molecule has 3 saturated carbocycles. The number of hydrogen-bond donors (Lipinski definition) is 1. The molecule has 0 heterocycles. The van der Waals surface area contributed by atoms with E-state index in [1.807, 2.05) is 0 Å². The molecule has 0 amide bonds. The molecule has 1 nitrogen and oxygen atoms in total. The summed E-state index contributed by atoms with van der Waals surface area (Å²) in [5.74, 6) is 5.62. The Kier molecular flexibility index (Phi) is 2.31. The fourth-order valence-corrected chi connectivity index (χ4v) is 4.41. The SMILES string of the molecule is CCNCC1CC2CCCC3C(C2)C13. The van der Waals surface area contributed by atoms with E-state index in [9.17, 15) is 0 Å². The second-order valence-electron chi connectivity index (χ2n) is 5.74. The van der Waals surface area contributed by atoms with Gasteiger partial charge in [-0.1, -0.05) is 19.8 Å². The van der Waals surface area contributed by atoms with Crippen molar-refractivity contribution in [3.05, 3.63) is 0 Å². The quantitative estimate of drug-likeness (QED) is 0.726. The molecule has 5 unspecified atom stereocenters. The van der Waals surface area contributed by atoms with E-state index in [0.717, 1.165) is 30.2 Å². The van der Waals surface area contributed by atoms with E-state index in [1.54, 1.807) is 25.7 Å². The smallest absolute Gasteiger partial charge is 0.00177 e. The zero-order valence-corrected chi connectivity index (χ0v) is 9.34. The van der Waals surface area contributed by atoms with Crippen molar-refractivity contribution < 1.29 is 0 Å². The van der Waals surface area contributed by atoms with Crippen LogP contribution in [0.25, 0.3) is 0 Å². The molecule has 0 spiro atoms. The Labute approximate surface area is 87.7 Å². The Bertz CT molecular complexity index is 207. The maximum atomic E-state index is 3.56. The largest absolute Gasteiger partial charge is 0.317 e. The summed E-state index contributed by atoms with van der Waals surface area (Å²) in [5.41, 5.74) is 0. The van der Waals surface area contributed by atoms with E-state index < -0.39 is 0 Å². The molecule has 1 heteroatoms. The van der Waals surface area contributed by atoms with E-state index in [4.69, 9.17) is 0 Å². The summed E-state index contributed by atoms with van der Waals surface area (Å²) >= 11 is 0. The van der Waals surface area contributed by atoms with Crippen LogP contribution in [0.4, 0.5) is 0 Å². The first kappa shape index (κ1) is 9.21. The highest BCUT2D eigenvalue weighted by atomic mass is 14.9. The first-order valence-electron chi connectivity index (χ1n) is 6.61. The molecule has 14 heavy (non-hydrogen) atoms. The first-order chi connectivity index (χ1) is 6.90. The molecule has 3 aliphatic carbocycles. The summed E-state index contributed by atoms with van der Waals surface area (Å²) in [5, 5.41) is 3.56. The summed E-state index contributed by atoms with van der Waals surface area (Å²) in [6, 6.07) is 0. The van der Waals surface area contributed by atoms with Gasteiger partial charge in [-0.25, -0.2) is 0 Å². The lowest BCUT2D eigenvalue weighted by atomic mass is 9.78. The molecule has 0 aromatic carbocycles. The van der Waals surface area contributed by atoms with Crippen LogP contribution in [-0.4, -0.2) is 13.1 Å². The third-order valence-electron chi connectivity index (χ3n) is 4.99. The first-order valence-corrected chi connectivity index (χ1v) is 6.61. The van der Waals surface area contributed by atoms with E-state index in [1.165, 1.54) is 18.9 Å². The third-order valence-corrected chi connectivity index (χ3v) is 4.99. The fraction of sp³-hybridized carbons (Fsp3) is 1.00. The lowest BCUT2D eigenvalue weighted by molar-refractivity contribution is 0.225. The summed E-state index contributed by atoms with van der Waals surface area (Å²) in [6.07, 6.45) is 7.79. The summed E-state index contributed by atoms with van der Waals surface area (Å²) in [6.45, 7) is 4.70. The summed E-state index contributed by atoms with van der Waals surface area (Å²) in [7, 11) is 0. The predicted molar refractivity (Wildman–Crippen MR) is 59.1 cm³/mol. The molecular weight excluding hydrogens is 170 g/mol. The minimum Gasteiger partial charge on any atom is -0.317 e. The monoisotopic (exact) mass is 193 g/mol. The Morgan fingerprint density at radius 2 is 2.07 bits per heavy atom. The van der Waals surface area contributed by atoms with Gasteiger partial charge in [-0.3, -0.25) is 0 Å². The normalized spacial score (nSPS) is 49.9. The molecule has 5 atom stereocenters. The molecule has 1 N–H and O–H groups in total. The van der Waals surface area contributed by atoms with Gasteiger partial charge >= 0.3 is 0 Å². The molecule has 0 radical (unpaired) electrons. The molecule has 80 valence electrons. The van der Waals surface area contributed by atoms with Crippen molar-refractivity contribution in [3.8, 4) is 0 Å². The Morgan fingerprint density at radius 1 is 1.14 bits per heavy atom. The molecule has 3 aliphatic rings. The van der Waals surface area contributed by atoms with Crippen LogP contribution in [0.15, 0.2) is 0 Å². The van der Waals surface area contributed by atoms with Crippen molar-refractivity contribution >= 4 is 0 Å². The van der Waals surface area contributed by atoms with Gasteiger partial charge in [-0.2, -0.15) is 0 Å². The van der Waals surface area contributed by atoms with Gasteiger partial charge < -0.3 is 5.32 Å². The highest BCUT2D eigenvalue weighted by Gasteiger charge is 2.57. The van der Waals surface area contributed by atoms with E-state index in [2.05, 4.69) is 12.2 Å². The van der Waals surface area contributed by atoms with Crippen LogP contribution < -0.4 is 5.32 Å². The average Bonchev–Trinajstić information content (AvgIpc) is 2.87. The maximum Gasteiger partial charge on any atom is -0.00177 e. The van der Waals surface area contributed by atoms with Gasteiger partial charge in [0.25, 0.3) is 0 Å². The highest BCUT2D eigenvalue weighted by molar-refractivity contribution is 5.06. The molecule has 0 aromatic heterocycles. The van der Waals surface area contributed by atoms with Crippen LogP contribution in [0.3, 0.4) is 0 Å². The molecule has 0 aromatic rings. The second-order valence-corrected chi connectivity index (χ2v) is 5.74. The van der Waals surface area contributed by atoms with E-state index in [-0.39, 0.29) is 0 Å². The van der Waals surface area contributed by atoms with Gasteiger partial charge in [0.05, 0.1) is 0 Å². The topological polar surface area (TPSA) is 12.0 Å². The Morgan fingerprint density at radius 3 is 2.93 bits per heavy atom. The minimum atomic E-state index is 1.05. The van der Waals surface area contributed by atoms with Crippen LogP contribution >= 0.6 is 0 Å². The zero-order valence-electron chi connectivity index (χ0n) is 9.34. The van der Waals surface area contributed by atoms with Crippen molar-refractivity contribution in [2.45, 2.75) is 39.0 Å². The van der Waals surface area contributed by atoms with Crippen molar-refractivity contribution in [1.29, 1.82) is 0 Å². The molecule has 0 saturated heterocycles. The van der Waals surface area contributed by atoms with Gasteiger partial charge in [0, 0.05) is 0 Å². The second kappa shape index (κ2) is 3.52. The van der Waals surface area contributed by atoms with Crippen LogP contribution in [0.2, 0.25) is 0 Å². The standard InChI is InChI=1S/C13H23N/c1-2-14-8-10-6-9-4-3-5-11-12(7-9)13(10)11/h9-14H,2-8H2,1H3. The molecule has 3 rings (SSSR count). The van der Waals surface area contributed by atoms with Gasteiger partial charge in [0.1, 0.15) is 0 Å². The van der Waals surface area contributed by atoms with Crippen LogP contribution in [0.1, 0.15) is 39.0 Å². The zero-order chi connectivity index (χ0) is 9.54. The van der Waals surface area contributed by atoms with Gasteiger partial charge in [0.15, 0.2) is 0 Å². The Balaban J connectivity index is 1.65. The molecule has 2 bridgehead atoms. The Hall–Kier alpha value is -0.0400. The fourth-order valence-electron chi connectivity index (χ4n) is 4.41. The average molecular weight is 193 g/mol. The van der Waals surface area contributed by atoms with Crippen molar-refractivity contribution in [2.24, 2.45) is 29.6 Å². The lowest BCUT2D eigenvalue weighted by Crippen LogP contribution is -2.29. The number of fused-ring (bicyclic) bond motifs is 2. The van der Waals surface area contributed by atoms with Gasteiger partial charge in [0.2, 0.25) is 0 Å². The number of nitrogens with one attached hydrogen (secondary N) is 1. The van der Waals surface area contributed by atoms with E-state index in [0.29, 0.717) is 0 Å². The molecule has 0 aliphatic heterocycles. The summed E-state index contributed by atoms with van der Waals surface area (Å²) < 4.78 is 0. The predicted octanol–water partition coefficient (Wildman–Crippen LogP) is 2.67. The van der Waals surface area contributed by atoms with Crippen LogP contribution in [0, 0.1) is 29.6 Å². The van der Waals surface area contributed by atoms with Gasteiger partial charge in [-0.15, -0.1) is 0 Å². The molecular formula is C13H23N. The minimum absolute atomic E-state index is 1.05. The molecule has 3 fully saturated rings. The van der Waals surface area contributed by atoms with Crippen molar-refractivity contribution in [3.63, 3.8) is 0 Å². The maximum absolute atomic E-state index is 3.56. The third kappa shape index (κ3) is 1.41. The summed E-state index contributed by atoms with van der Waals surface area (Å²) in [4.78, 5) is 0. The van der Waals surface area contributed by atoms with Crippen LogP contribution in [0.5, 0.6) is 0 Å². The van der Waals surface area contributed by atoms with Crippen molar-refractivity contribution in [2.75, 3.05) is 13.1 Å².